The number of hydrogen-bond acceptors (Lipinski definition) is 4. The Morgan fingerprint density at radius 2 is 1.70 bits per heavy atom. The molecular formula is C21H24FNO4. The third kappa shape index (κ3) is 7.09. The van der Waals surface area contributed by atoms with Gasteiger partial charge in [0.1, 0.15) is 0 Å². The van der Waals surface area contributed by atoms with Gasteiger partial charge >= 0.3 is 5.97 Å². The summed E-state index contributed by atoms with van der Waals surface area (Å²) in [6.45, 7) is 2.92. The van der Waals surface area contributed by atoms with Crippen molar-refractivity contribution in [1.29, 1.82) is 0 Å². The fraction of sp³-hybridized carbons (Fsp3) is 0.333. The van der Waals surface area contributed by atoms with E-state index in [1.165, 1.54) is 30.7 Å². The zero-order valence-electron chi connectivity index (χ0n) is 15.5. The van der Waals surface area contributed by atoms with Crippen LogP contribution in [0.3, 0.4) is 0 Å². The Bertz CT molecular complexity index is 751. The van der Waals surface area contributed by atoms with Gasteiger partial charge in [0.25, 0.3) is 5.91 Å². The lowest BCUT2D eigenvalue weighted by atomic mass is 10.1. The standard InChI is InChI=1S/C21H24FNO4/c1-15(12-13-17-8-4-3-5-9-17)23-21(25)16(2)27-20(24)14-26-19-11-7-6-10-18(19)22/h3-11,15-16H,12-14H2,1-2H3,(H,23,25)/t15-,16+/m1/s1. The van der Waals surface area contributed by atoms with E-state index in [0.29, 0.717) is 0 Å². The van der Waals surface area contributed by atoms with Gasteiger partial charge in [-0.15, -0.1) is 0 Å². The highest BCUT2D eigenvalue weighted by Gasteiger charge is 2.20. The first kappa shape index (κ1) is 20.4. The lowest BCUT2D eigenvalue weighted by molar-refractivity contribution is -0.156. The van der Waals surface area contributed by atoms with Crippen LogP contribution in [0, 0.1) is 5.82 Å². The van der Waals surface area contributed by atoms with Gasteiger partial charge in [0.15, 0.2) is 24.3 Å². The second-order valence-electron chi connectivity index (χ2n) is 6.29. The van der Waals surface area contributed by atoms with Crippen LogP contribution >= 0.6 is 0 Å². The number of hydrogen-bond donors (Lipinski definition) is 1. The number of nitrogens with one attached hydrogen (secondary N) is 1. The van der Waals surface area contributed by atoms with Gasteiger partial charge in [0, 0.05) is 6.04 Å². The van der Waals surface area contributed by atoms with E-state index in [-0.39, 0.29) is 17.7 Å². The van der Waals surface area contributed by atoms with E-state index >= 15 is 0 Å². The van der Waals surface area contributed by atoms with Crippen LogP contribution < -0.4 is 10.1 Å². The monoisotopic (exact) mass is 373 g/mol. The van der Waals surface area contributed by atoms with Gasteiger partial charge < -0.3 is 14.8 Å². The van der Waals surface area contributed by atoms with Crippen molar-refractivity contribution >= 4 is 11.9 Å². The van der Waals surface area contributed by atoms with Crippen LogP contribution in [-0.4, -0.2) is 30.6 Å². The summed E-state index contributed by atoms with van der Waals surface area (Å²) in [6, 6.07) is 15.7. The van der Waals surface area contributed by atoms with Crippen molar-refractivity contribution in [3.05, 3.63) is 66.0 Å². The first-order chi connectivity index (χ1) is 13.0. The van der Waals surface area contributed by atoms with Gasteiger partial charge in [0.05, 0.1) is 0 Å². The predicted octanol–water partition coefficient (Wildman–Crippen LogP) is 3.27. The van der Waals surface area contributed by atoms with Gasteiger partial charge in [-0.1, -0.05) is 42.5 Å². The maximum Gasteiger partial charge on any atom is 0.344 e. The van der Waals surface area contributed by atoms with Gasteiger partial charge in [-0.25, -0.2) is 9.18 Å². The number of amides is 1. The van der Waals surface area contributed by atoms with E-state index in [1.54, 1.807) is 6.07 Å². The van der Waals surface area contributed by atoms with Gasteiger partial charge in [0.2, 0.25) is 0 Å². The highest BCUT2D eigenvalue weighted by atomic mass is 19.1. The molecule has 0 aliphatic heterocycles. The van der Waals surface area contributed by atoms with Crippen molar-refractivity contribution in [1.82, 2.24) is 5.32 Å². The fourth-order valence-corrected chi connectivity index (χ4v) is 2.44. The summed E-state index contributed by atoms with van der Waals surface area (Å²) in [4.78, 5) is 23.9. The molecule has 0 saturated carbocycles. The first-order valence-corrected chi connectivity index (χ1v) is 8.87. The third-order valence-electron chi connectivity index (χ3n) is 3.96. The Labute approximate surface area is 158 Å². The molecule has 27 heavy (non-hydrogen) atoms. The van der Waals surface area contributed by atoms with Crippen LogP contribution in [0.2, 0.25) is 0 Å². The van der Waals surface area contributed by atoms with Gasteiger partial charge in [-0.2, -0.15) is 0 Å². The molecule has 2 atom stereocenters. The average molecular weight is 373 g/mol. The summed E-state index contributed by atoms with van der Waals surface area (Å²) in [7, 11) is 0. The van der Waals surface area contributed by atoms with Crippen molar-refractivity contribution in [2.24, 2.45) is 0 Å². The quantitative estimate of drug-likeness (QED) is 0.685. The Kier molecular flexibility index (Phi) is 7.79. The SMILES string of the molecule is C[C@H](CCc1ccccc1)NC(=O)[C@H](C)OC(=O)COc1ccccc1F. The molecule has 0 heterocycles. The molecular weight excluding hydrogens is 349 g/mol. The maximum absolute atomic E-state index is 13.4. The molecule has 144 valence electrons. The highest BCUT2D eigenvalue weighted by Crippen LogP contribution is 2.15. The van der Waals surface area contributed by atoms with E-state index in [9.17, 15) is 14.0 Å². The molecule has 0 radical (unpaired) electrons. The van der Waals surface area contributed by atoms with E-state index < -0.39 is 24.5 Å². The molecule has 6 heteroatoms. The molecule has 0 unspecified atom stereocenters. The predicted molar refractivity (Wildman–Crippen MR) is 99.8 cm³/mol. The number of carbonyl (C=O) groups is 2. The molecule has 2 aromatic carbocycles. The zero-order chi connectivity index (χ0) is 19.6. The van der Waals surface area contributed by atoms with Crippen molar-refractivity contribution in [2.75, 3.05) is 6.61 Å². The average Bonchev–Trinajstić information content (AvgIpc) is 2.66. The molecule has 1 amide bonds. The lowest BCUT2D eigenvalue weighted by Gasteiger charge is -2.18. The van der Waals surface area contributed by atoms with Crippen LogP contribution in [0.25, 0.3) is 0 Å². The van der Waals surface area contributed by atoms with E-state index in [0.717, 1.165) is 12.8 Å². The van der Waals surface area contributed by atoms with Crippen LogP contribution in [0.4, 0.5) is 4.39 Å². The second-order valence-corrected chi connectivity index (χ2v) is 6.29. The molecule has 0 spiro atoms. The van der Waals surface area contributed by atoms with Gasteiger partial charge in [-0.3, -0.25) is 4.79 Å². The number of esters is 1. The molecule has 0 bridgehead atoms. The van der Waals surface area contributed by atoms with Crippen LogP contribution in [0.5, 0.6) is 5.75 Å². The summed E-state index contributed by atoms with van der Waals surface area (Å²) in [6.07, 6.45) is 0.653. The molecule has 0 aromatic heterocycles. The normalized spacial score (nSPS) is 12.7. The summed E-state index contributed by atoms with van der Waals surface area (Å²) in [5, 5.41) is 2.82. The third-order valence-corrected chi connectivity index (χ3v) is 3.96. The minimum absolute atomic E-state index is 0.0407. The molecule has 5 nitrogen and oxygen atoms in total. The second kappa shape index (κ2) is 10.3. The number of benzene rings is 2. The molecule has 0 aliphatic rings. The van der Waals surface area contributed by atoms with E-state index in [1.807, 2.05) is 37.3 Å². The molecule has 2 aromatic rings. The van der Waals surface area contributed by atoms with Crippen LogP contribution in [-0.2, 0) is 20.7 Å². The van der Waals surface area contributed by atoms with E-state index in [2.05, 4.69) is 5.32 Å². The first-order valence-electron chi connectivity index (χ1n) is 8.87. The van der Waals surface area contributed by atoms with Crippen molar-refractivity contribution < 1.29 is 23.5 Å². The van der Waals surface area contributed by atoms with Crippen LogP contribution in [0.15, 0.2) is 54.6 Å². The number of carbonyl (C=O) groups excluding carboxylic acids is 2. The Morgan fingerprint density at radius 1 is 1.04 bits per heavy atom. The minimum Gasteiger partial charge on any atom is -0.479 e. The van der Waals surface area contributed by atoms with Crippen molar-refractivity contribution in [2.45, 2.75) is 38.8 Å². The molecule has 0 saturated heterocycles. The van der Waals surface area contributed by atoms with E-state index in [4.69, 9.17) is 9.47 Å². The summed E-state index contributed by atoms with van der Waals surface area (Å²) in [5.74, 6) is -1.72. The lowest BCUT2D eigenvalue weighted by Crippen LogP contribution is -2.41. The number of aryl methyl sites for hydroxylation is 1. The maximum atomic E-state index is 13.4. The summed E-state index contributed by atoms with van der Waals surface area (Å²) in [5.41, 5.74) is 1.20. The largest absolute Gasteiger partial charge is 0.479 e. The van der Waals surface area contributed by atoms with Crippen molar-refractivity contribution in [3.8, 4) is 5.75 Å². The van der Waals surface area contributed by atoms with Crippen LogP contribution in [0.1, 0.15) is 25.8 Å². The number of ether oxygens (including phenoxy) is 2. The van der Waals surface area contributed by atoms with Gasteiger partial charge in [-0.05, 0) is 44.4 Å². The Balaban J connectivity index is 1.70. The molecule has 1 N–H and O–H groups in total. The number of para-hydroxylation sites is 1. The molecule has 0 fully saturated rings. The van der Waals surface area contributed by atoms with Crippen molar-refractivity contribution in [3.63, 3.8) is 0 Å². The smallest absolute Gasteiger partial charge is 0.344 e. The molecule has 0 aliphatic carbocycles. The number of halogens is 1. The minimum atomic E-state index is -0.958. The highest BCUT2D eigenvalue weighted by molar-refractivity contribution is 5.83. The number of rotatable bonds is 9. The fourth-order valence-electron chi connectivity index (χ4n) is 2.44. The topological polar surface area (TPSA) is 64.6 Å². The summed E-state index contributed by atoms with van der Waals surface area (Å²) >= 11 is 0. The Morgan fingerprint density at radius 3 is 2.41 bits per heavy atom. The Hall–Kier alpha value is -2.89. The summed E-state index contributed by atoms with van der Waals surface area (Å²) < 4.78 is 23.5. The zero-order valence-corrected chi connectivity index (χ0v) is 15.5. The molecule has 2 rings (SSSR count).